The summed E-state index contributed by atoms with van der Waals surface area (Å²) in [5.74, 6) is 0.844. The first-order valence-corrected chi connectivity index (χ1v) is 7.52. The van der Waals surface area contributed by atoms with Crippen LogP contribution in [0.4, 0.5) is 0 Å². The van der Waals surface area contributed by atoms with Crippen molar-refractivity contribution in [1.29, 1.82) is 0 Å². The van der Waals surface area contributed by atoms with E-state index in [2.05, 4.69) is 20.6 Å². The van der Waals surface area contributed by atoms with Gasteiger partial charge in [-0.25, -0.2) is 4.68 Å². The maximum Gasteiger partial charge on any atom is 0.251 e. The van der Waals surface area contributed by atoms with Crippen molar-refractivity contribution in [3.05, 3.63) is 60.2 Å². The fourth-order valence-corrected chi connectivity index (χ4v) is 2.21. The monoisotopic (exact) mass is 339 g/mol. The molecule has 3 rings (SSSR count). The lowest BCUT2D eigenvalue weighted by Crippen LogP contribution is -2.23. The average Bonchev–Trinajstić information content (AvgIpc) is 3.15. The number of rotatable bonds is 6. The molecule has 0 saturated heterocycles. The third-order valence-electron chi connectivity index (χ3n) is 3.51. The second-order valence-corrected chi connectivity index (χ2v) is 5.14. The summed E-state index contributed by atoms with van der Waals surface area (Å²) in [5, 5.41) is 10.9. The Morgan fingerprint density at radius 2 is 1.80 bits per heavy atom. The van der Waals surface area contributed by atoms with Gasteiger partial charge < -0.3 is 14.8 Å². The number of pyridine rings is 1. The maximum absolute atomic E-state index is 12.3. The molecule has 0 aliphatic rings. The fraction of sp³-hybridized carbons (Fsp3) is 0.176. The largest absolute Gasteiger partial charge is 0.497 e. The van der Waals surface area contributed by atoms with E-state index < -0.39 is 0 Å². The zero-order valence-electron chi connectivity index (χ0n) is 13.8. The lowest BCUT2D eigenvalue weighted by atomic mass is 10.2. The molecule has 0 fully saturated rings. The number of nitrogens with one attached hydrogen (secondary N) is 1. The fourth-order valence-electron chi connectivity index (χ4n) is 2.21. The molecule has 0 spiro atoms. The number of carbonyl (C=O) groups excluding carboxylic acids is 1. The van der Waals surface area contributed by atoms with E-state index in [1.54, 1.807) is 41.5 Å². The van der Waals surface area contributed by atoms with Gasteiger partial charge in [-0.2, -0.15) is 0 Å². The molecule has 3 aromatic rings. The van der Waals surface area contributed by atoms with Crippen molar-refractivity contribution in [2.45, 2.75) is 6.54 Å². The van der Waals surface area contributed by atoms with Gasteiger partial charge in [0.05, 0.1) is 32.6 Å². The van der Waals surface area contributed by atoms with Crippen molar-refractivity contribution < 1.29 is 14.3 Å². The number of nitrogens with zero attached hydrogens (tertiary/aromatic N) is 4. The summed E-state index contributed by atoms with van der Waals surface area (Å²) >= 11 is 0. The van der Waals surface area contributed by atoms with E-state index in [0.717, 1.165) is 5.69 Å². The van der Waals surface area contributed by atoms with Crippen molar-refractivity contribution in [2.24, 2.45) is 0 Å². The average molecular weight is 339 g/mol. The minimum absolute atomic E-state index is 0.253. The molecule has 0 radical (unpaired) electrons. The van der Waals surface area contributed by atoms with Crippen LogP contribution >= 0.6 is 0 Å². The van der Waals surface area contributed by atoms with Crippen LogP contribution in [-0.2, 0) is 6.54 Å². The Balaban J connectivity index is 1.68. The number of amides is 1. The number of hydrogen-bond donors (Lipinski definition) is 1. The van der Waals surface area contributed by atoms with Gasteiger partial charge in [0.1, 0.15) is 17.2 Å². The van der Waals surface area contributed by atoms with Gasteiger partial charge in [0, 0.05) is 24.0 Å². The zero-order valence-corrected chi connectivity index (χ0v) is 13.8. The van der Waals surface area contributed by atoms with Gasteiger partial charge in [0.2, 0.25) is 0 Å². The van der Waals surface area contributed by atoms with Crippen LogP contribution in [0, 0.1) is 0 Å². The summed E-state index contributed by atoms with van der Waals surface area (Å²) in [4.78, 5) is 16.3. The van der Waals surface area contributed by atoms with Crippen molar-refractivity contribution in [1.82, 2.24) is 25.3 Å². The van der Waals surface area contributed by atoms with E-state index in [4.69, 9.17) is 9.47 Å². The van der Waals surface area contributed by atoms with Crippen molar-refractivity contribution in [2.75, 3.05) is 14.2 Å². The second kappa shape index (κ2) is 7.43. The predicted octanol–water partition coefficient (Wildman–Crippen LogP) is 1.61. The molecule has 128 valence electrons. The first kappa shape index (κ1) is 16.4. The number of ether oxygens (including phenoxy) is 2. The van der Waals surface area contributed by atoms with Crippen LogP contribution in [0.5, 0.6) is 11.5 Å². The molecule has 0 bridgehead atoms. The Hall–Kier alpha value is -3.42. The van der Waals surface area contributed by atoms with Crippen LogP contribution < -0.4 is 14.8 Å². The lowest BCUT2D eigenvalue weighted by Gasteiger charge is -2.08. The molecule has 0 atom stereocenters. The van der Waals surface area contributed by atoms with Crippen molar-refractivity contribution in [3.8, 4) is 17.2 Å². The van der Waals surface area contributed by atoms with Gasteiger partial charge in [0.15, 0.2) is 0 Å². The van der Waals surface area contributed by atoms with Gasteiger partial charge >= 0.3 is 0 Å². The lowest BCUT2D eigenvalue weighted by molar-refractivity contribution is 0.0949. The van der Waals surface area contributed by atoms with E-state index in [9.17, 15) is 4.79 Å². The van der Waals surface area contributed by atoms with E-state index >= 15 is 0 Å². The topological polar surface area (TPSA) is 91.2 Å². The van der Waals surface area contributed by atoms with Crippen LogP contribution in [0.2, 0.25) is 0 Å². The minimum Gasteiger partial charge on any atom is -0.497 e. The molecule has 25 heavy (non-hydrogen) atoms. The van der Waals surface area contributed by atoms with Crippen LogP contribution in [0.1, 0.15) is 16.1 Å². The highest BCUT2D eigenvalue weighted by molar-refractivity contribution is 5.95. The van der Waals surface area contributed by atoms with Gasteiger partial charge in [-0.15, -0.1) is 5.10 Å². The van der Waals surface area contributed by atoms with E-state index in [1.807, 2.05) is 12.1 Å². The Bertz CT molecular complexity index is 841. The molecule has 1 amide bonds. The quantitative estimate of drug-likeness (QED) is 0.734. The molecule has 0 unspecified atom stereocenters. The normalized spacial score (nSPS) is 10.3. The summed E-state index contributed by atoms with van der Waals surface area (Å²) in [7, 11) is 3.07. The first-order valence-electron chi connectivity index (χ1n) is 7.52. The maximum atomic E-state index is 12.3. The summed E-state index contributed by atoms with van der Waals surface area (Å²) in [6, 6.07) is 8.63. The number of hydrogen-bond acceptors (Lipinski definition) is 6. The van der Waals surface area contributed by atoms with Crippen molar-refractivity contribution in [3.63, 3.8) is 0 Å². The number of carbonyl (C=O) groups is 1. The Labute approximate surface area is 144 Å². The second-order valence-electron chi connectivity index (χ2n) is 5.14. The number of methoxy groups -OCH3 is 2. The molecule has 8 heteroatoms. The molecule has 2 aromatic heterocycles. The molecule has 1 N–H and O–H groups in total. The predicted molar refractivity (Wildman–Crippen MR) is 89.9 cm³/mol. The Kier molecular flexibility index (Phi) is 4.89. The molecular formula is C17H17N5O3. The smallest absolute Gasteiger partial charge is 0.251 e. The molecule has 0 aliphatic heterocycles. The summed E-state index contributed by atoms with van der Waals surface area (Å²) in [5.41, 5.74) is 1.93. The van der Waals surface area contributed by atoms with Crippen LogP contribution in [0.15, 0.2) is 48.9 Å². The summed E-state index contributed by atoms with van der Waals surface area (Å²) in [6.45, 7) is 0.253. The molecular weight excluding hydrogens is 322 g/mol. The highest BCUT2D eigenvalue weighted by Crippen LogP contribution is 2.22. The number of aromatic nitrogens is 4. The highest BCUT2D eigenvalue weighted by atomic mass is 16.5. The first-order chi connectivity index (χ1) is 12.2. The summed E-state index contributed by atoms with van der Waals surface area (Å²) in [6.07, 6.45) is 5.10. The minimum atomic E-state index is -0.254. The van der Waals surface area contributed by atoms with E-state index in [0.29, 0.717) is 22.8 Å². The standard InChI is InChI=1S/C17H17N5O3/c1-24-15-7-12(8-16(9-15)25-2)17(23)19-10-13-11-22(21-20-13)14-3-5-18-6-4-14/h3-9,11H,10H2,1-2H3,(H,19,23). The highest BCUT2D eigenvalue weighted by Gasteiger charge is 2.11. The van der Waals surface area contributed by atoms with Crippen LogP contribution in [0.25, 0.3) is 5.69 Å². The zero-order chi connectivity index (χ0) is 17.6. The van der Waals surface area contributed by atoms with Crippen molar-refractivity contribution >= 4 is 5.91 Å². The molecule has 2 heterocycles. The Morgan fingerprint density at radius 1 is 1.12 bits per heavy atom. The third-order valence-corrected chi connectivity index (χ3v) is 3.51. The SMILES string of the molecule is COc1cc(OC)cc(C(=O)NCc2cn(-c3ccncc3)nn2)c1. The summed E-state index contributed by atoms with van der Waals surface area (Å²) < 4.78 is 12.0. The van der Waals surface area contributed by atoms with E-state index in [1.165, 1.54) is 14.2 Å². The Morgan fingerprint density at radius 3 is 2.44 bits per heavy atom. The van der Waals surface area contributed by atoms with Gasteiger partial charge in [-0.05, 0) is 24.3 Å². The molecule has 1 aromatic carbocycles. The van der Waals surface area contributed by atoms with E-state index in [-0.39, 0.29) is 12.5 Å². The van der Waals surface area contributed by atoms with Crippen LogP contribution in [0.3, 0.4) is 0 Å². The van der Waals surface area contributed by atoms with Gasteiger partial charge in [-0.3, -0.25) is 9.78 Å². The molecule has 0 saturated carbocycles. The molecule has 0 aliphatic carbocycles. The third kappa shape index (κ3) is 3.92. The van der Waals surface area contributed by atoms with Crippen LogP contribution in [-0.4, -0.2) is 40.1 Å². The number of benzene rings is 1. The van der Waals surface area contributed by atoms with Gasteiger partial charge in [0.25, 0.3) is 5.91 Å². The van der Waals surface area contributed by atoms with Gasteiger partial charge in [-0.1, -0.05) is 5.21 Å². The molecule has 8 nitrogen and oxygen atoms in total.